The van der Waals surface area contributed by atoms with Crippen LogP contribution in [0.3, 0.4) is 0 Å². The van der Waals surface area contributed by atoms with Gasteiger partial charge in [0, 0.05) is 9.35 Å². The van der Waals surface area contributed by atoms with Crippen molar-refractivity contribution in [2.24, 2.45) is 5.73 Å². The van der Waals surface area contributed by atoms with Crippen molar-refractivity contribution in [3.8, 4) is 0 Å². The fraction of sp³-hybridized carbons (Fsp3) is 0.231. The van der Waals surface area contributed by atoms with Crippen LogP contribution in [0.25, 0.3) is 0 Å². The molecule has 1 unspecified atom stereocenters. The Balaban J connectivity index is 2.39. The number of aryl methyl sites for hydroxylation is 2. The van der Waals surface area contributed by atoms with Gasteiger partial charge in [0.25, 0.3) is 0 Å². The van der Waals surface area contributed by atoms with Gasteiger partial charge in [-0.3, -0.25) is 0 Å². The average molecular weight is 331 g/mol. The summed E-state index contributed by atoms with van der Waals surface area (Å²) in [6, 6.07) is 8.19. The van der Waals surface area contributed by atoms with Crippen LogP contribution in [0.2, 0.25) is 4.34 Å². The van der Waals surface area contributed by atoms with Crippen LogP contribution in [0.5, 0.6) is 0 Å². The molecule has 4 heteroatoms. The molecule has 2 aromatic rings. The highest BCUT2D eigenvalue weighted by molar-refractivity contribution is 9.10. The van der Waals surface area contributed by atoms with Crippen molar-refractivity contribution in [2.75, 3.05) is 0 Å². The van der Waals surface area contributed by atoms with Gasteiger partial charge in [0.1, 0.15) is 0 Å². The molecule has 2 N–H and O–H groups in total. The first kappa shape index (κ1) is 13.1. The van der Waals surface area contributed by atoms with Gasteiger partial charge in [-0.25, -0.2) is 0 Å². The number of thiophene rings is 1. The van der Waals surface area contributed by atoms with Crippen molar-refractivity contribution in [1.29, 1.82) is 0 Å². The lowest BCUT2D eigenvalue weighted by Gasteiger charge is -2.11. The Labute approximate surface area is 119 Å². The Hall–Kier alpha value is -0.350. The van der Waals surface area contributed by atoms with Crippen LogP contribution >= 0.6 is 38.9 Å². The van der Waals surface area contributed by atoms with Gasteiger partial charge in [-0.1, -0.05) is 33.6 Å². The molecule has 0 spiro atoms. The van der Waals surface area contributed by atoms with Crippen molar-refractivity contribution >= 4 is 38.9 Å². The van der Waals surface area contributed by atoms with Gasteiger partial charge >= 0.3 is 0 Å². The summed E-state index contributed by atoms with van der Waals surface area (Å²) in [6.07, 6.45) is 0. The van der Waals surface area contributed by atoms with Crippen molar-refractivity contribution < 1.29 is 0 Å². The molecule has 1 aromatic heterocycles. The van der Waals surface area contributed by atoms with E-state index in [4.69, 9.17) is 17.3 Å². The van der Waals surface area contributed by atoms with Crippen LogP contribution in [0.1, 0.15) is 27.6 Å². The van der Waals surface area contributed by atoms with Crippen molar-refractivity contribution in [2.45, 2.75) is 19.9 Å². The predicted octanol–water partition coefficient (Wildman–Crippen LogP) is 4.83. The van der Waals surface area contributed by atoms with E-state index in [0.717, 1.165) is 24.8 Å². The molecule has 1 nitrogen and oxygen atoms in total. The molecule has 1 atom stereocenters. The van der Waals surface area contributed by atoms with Crippen LogP contribution in [0.15, 0.2) is 28.7 Å². The molecule has 0 amide bonds. The van der Waals surface area contributed by atoms with Crippen LogP contribution < -0.4 is 5.73 Å². The lowest BCUT2D eigenvalue weighted by Crippen LogP contribution is -2.10. The standard InChI is InChI=1S/C13H13BrClNS/c1-7-3-9(6-10(14)4-7)12(16)11-5-8(2)13(15)17-11/h3-6,12H,16H2,1-2H3. The van der Waals surface area contributed by atoms with Crippen molar-refractivity contribution in [3.05, 3.63) is 54.6 Å². The molecule has 1 heterocycles. The first-order valence-electron chi connectivity index (χ1n) is 5.26. The number of halogens is 2. The molecule has 1 aromatic carbocycles. The highest BCUT2D eigenvalue weighted by atomic mass is 79.9. The molecular weight excluding hydrogens is 318 g/mol. The Bertz CT molecular complexity index is 511. The van der Waals surface area contributed by atoms with E-state index in [2.05, 4.69) is 47.1 Å². The molecule has 0 aliphatic carbocycles. The third-order valence-corrected chi connectivity index (χ3v) is 4.70. The fourth-order valence-corrected chi connectivity index (χ4v) is 3.62. The van der Waals surface area contributed by atoms with Gasteiger partial charge in [-0.15, -0.1) is 11.3 Å². The maximum atomic E-state index is 6.27. The van der Waals surface area contributed by atoms with Crippen LogP contribution in [-0.2, 0) is 0 Å². The van der Waals surface area contributed by atoms with E-state index in [9.17, 15) is 0 Å². The van der Waals surface area contributed by atoms with E-state index in [1.807, 2.05) is 6.92 Å². The molecule has 0 aliphatic rings. The summed E-state index contributed by atoms with van der Waals surface area (Å²) >= 11 is 11.1. The summed E-state index contributed by atoms with van der Waals surface area (Å²) in [7, 11) is 0. The summed E-state index contributed by atoms with van der Waals surface area (Å²) in [5.41, 5.74) is 9.66. The quantitative estimate of drug-likeness (QED) is 0.838. The van der Waals surface area contributed by atoms with E-state index in [-0.39, 0.29) is 6.04 Å². The van der Waals surface area contributed by atoms with Gasteiger partial charge < -0.3 is 5.73 Å². The van der Waals surface area contributed by atoms with Gasteiger partial charge in [0.2, 0.25) is 0 Å². The van der Waals surface area contributed by atoms with Crippen LogP contribution in [0.4, 0.5) is 0 Å². The Morgan fingerprint density at radius 2 is 1.94 bits per heavy atom. The fourth-order valence-electron chi connectivity index (χ4n) is 1.75. The zero-order chi connectivity index (χ0) is 12.6. The third kappa shape index (κ3) is 2.91. The van der Waals surface area contributed by atoms with Gasteiger partial charge in [0.05, 0.1) is 10.4 Å². The van der Waals surface area contributed by atoms with E-state index >= 15 is 0 Å². The maximum absolute atomic E-state index is 6.27. The first-order valence-corrected chi connectivity index (χ1v) is 7.24. The minimum absolute atomic E-state index is 0.109. The summed E-state index contributed by atoms with van der Waals surface area (Å²) in [6.45, 7) is 4.06. The Morgan fingerprint density at radius 3 is 2.47 bits per heavy atom. The summed E-state index contributed by atoms with van der Waals surface area (Å²) in [5.74, 6) is 0. The topological polar surface area (TPSA) is 26.0 Å². The second-order valence-corrected chi connectivity index (χ2v) is 6.75. The summed E-state index contributed by atoms with van der Waals surface area (Å²) in [4.78, 5) is 1.10. The molecule has 2 rings (SSSR count). The minimum Gasteiger partial charge on any atom is -0.320 e. The summed E-state index contributed by atoms with van der Waals surface area (Å²) < 4.78 is 1.88. The number of rotatable bonds is 2. The van der Waals surface area contributed by atoms with Crippen LogP contribution in [-0.4, -0.2) is 0 Å². The minimum atomic E-state index is -0.109. The molecule has 17 heavy (non-hydrogen) atoms. The normalized spacial score (nSPS) is 12.8. The second kappa shape index (κ2) is 5.11. The lowest BCUT2D eigenvalue weighted by molar-refractivity contribution is 0.889. The smallest absolute Gasteiger partial charge is 0.0961 e. The predicted molar refractivity (Wildman–Crippen MR) is 79.0 cm³/mol. The highest BCUT2D eigenvalue weighted by Gasteiger charge is 2.14. The van der Waals surface area contributed by atoms with E-state index in [0.29, 0.717) is 0 Å². The van der Waals surface area contributed by atoms with Crippen molar-refractivity contribution in [3.63, 3.8) is 0 Å². The highest BCUT2D eigenvalue weighted by Crippen LogP contribution is 2.33. The monoisotopic (exact) mass is 329 g/mol. The Morgan fingerprint density at radius 1 is 1.24 bits per heavy atom. The summed E-state index contributed by atoms with van der Waals surface area (Å²) in [5, 5.41) is 0. The maximum Gasteiger partial charge on any atom is 0.0961 e. The largest absolute Gasteiger partial charge is 0.320 e. The third-order valence-electron chi connectivity index (χ3n) is 2.61. The van der Waals surface area contributed by atoms with Crippen LogP contribution in [0, 0.1) is 13.8 Å². The van der Waals surface area contributed by atoms with E-state index in [1.54, 1.807) is 11.3 Å². The molecule has 0 saturated carbocycles. The lowest BCUT2D eigenvalue weighted by atomic mass is 10.0. The average Bonchev–Trinajstić information content (AvgIpc) is 2.57. The molecular formula is C13H13BrClNS. The molecule has 0 aliphatic heterocycles. The zero-order valence-electron chi connectivity index (χ0n) is 9.63. The van der Waals surface area contributed by atoms with E-state index < -0.39 is 0 Å². The van der Waals surface area contributed by atoms with Gasteiger partial charge in [-0.2, -0.15) is 0 Å². The van der Waals surface area contributed by atoms with Gasteiger partial charge in [-0.05, 0) is 48.7 Å². The molecule has 0 saturated heterocycles. The molecule has 90 valence electrons. The number of nitrogens with two attached hydrogens (primary N) is 1. The second-order valence-electron chi connectivity index (χ2n) is 4.15. The molecule has 0 bridgehead atoms. The van der Waals surface area contributed by atoms with Gasteiger partial charge in [0.15, 0.2) is 0 Å². The van der Waals surface area contributed by atoms with E-state index in [1.165, 1.54) is 5.56 Å². The molecule has 0 fully saturated rings. The number of hydrogen-bond acceptors (Lipinski definition) is 2. The number of benzene rings is 1. The Kier molecular flexibility index (Phi) is 3.93. The number of hydrogen-bond donors (Lipinski definition) is 1. The SMILES string of the molecule is Cc1cc(Br)cc(C(N)c2cc(C)c(Cl)s2)c1. The molecule has 0 radical (unpaired) electrons. The van der Waals surface area contributed by atoms with Crippen molar-refractivity contribution in [1.82, 2.24) is 0 Å². The first-order chi connectivity index (χ1) is 7.97. The zero-order valence-corrected chi connectivity index (χ0v) is 12.8.